The van der Waals surface area contributed by atoms with Crippen LogP contribution >= 0.6 is 116 Å². The van der Waals surface area contributed by atoms with Gasteiger partial charge in [-0.15, -0.1) is 0 Å². The van der Waals surface area contributed by atoms with Crippen LogP contribution in [0.4, 0.5) is 80.9 Å². The molecule has 0 aliphatic rings. The largest absolute Gasteiger partial charge is 0.495 e. The molecule has 8 heterocycles. The first-order valence-electron chi connectivity index (χ1n) is 41.0. The predicted octanol–water partition coefficient (Wildman–Crippen LogP) is 21.4. The van der Waals surface area contributed by atoms with Crippen molar-refractivity contribution >= 4 is 235 Å². The van der Waals surface area contributed by atoms with E-state index in [0.29, 0.717) is 61.4 Å². The first-order valence-corrected chi connectivity index (χ1v) is 44.7. The number of ether oxygens (including phenoxy) is 8. The van der Waals surface area contributed by atoms with E-state index in [2.05, 4.69) is 74.3 Å². The minimum absolute atomic E-state index is 0.00596. The van der Waals surface area contributed by atoms with Crippen LogP contribution in [0.3, 0.4) is 0 Å². The molecule has 0 spiro atoms. The van der Waals surface area contributed by atoms with Crippen molar-refractivity contribution in [2.24, 2.45) is 28.2 Å². The number of carbonyl (C=O) groups excluding carboxylic acids is 2. The first-order chi connectivity index (χ1) is 69.4. The maximum atomic E-state index is 14.6. The summed E-state index contributed by atoms with van der Waals surface area (Å²) >= 11 is 62.3. The smallest absolute Gasteiger partial charge is 0.295 e. The fourth-order valence-electron chi connectivity index (χ4n) is 13.8. The van der Waals surface area contributed by atoms with Gasteiger partial charge in [-0.3, -0.25) is 67.3 Å². The van der Waals surface area contributed by atoms with Crippen molar-refractivity contribution in [3.05, 3.63) is 302 Å². The summed E-state index contributed by atoms with van der Waals surface area (Å²) in [4.78, 5) is 128. The maximum absolute atomic E-state index is 14.6. The Morgan fingerprint density at radius 2 is 0.651 bits per heavy atom. The predicted molar refractivity (Wildman–Crippen MR) is 556 cm³/mol. The Labute approximate surface area is 871 Å². The standard InChI is InChI=1S/C25H20Cl2FN5O4.C22H16Cl2FN5O5.C22H18Cl2FN5O3.C16H12Cl3N3O3.C6H5FN2O2.C3H3ClO/c1-5-18(34)30-15-8-6-7-14(28)22(15)31-25-29-11-12-9-13(24(35)33(2)23(12)32-25)19-20(26)16(36-3)10-17(37-4)21(19)27;1-29-20-10(9-26-22(28-20)27-19-12(25)5-4-6-13(19)30(32)33)7-11(21(29)31)16-17(23)14(34-2)8-15(35-3)18(16)24;1-30-20-10(9-27-22(29-20)28-19-12(25)5-4-6-13(19)26)7-11(21(30)31)16-17(23)14(32-2)8-15(33-3)18(16)24;1-22-14-7(6-20-16(19)21-14)4-8(15(22)23)11-12(17)9(24-2)5-10(25-3)13(11)18;7-4-2-1-3-5(6(4)8)9(10)11;1-2-3(4)5/h5-11H,1H2,2-4H3,(H,30,34)(H,29,31,32);4-9H,1-3H3,(H,26,27,28);4-9H,26H2,1-3H3,(H,27,28,29);4-6H,1-3H3;1-3H,8H2;2H,1H2. The number of methoxy groups -OCH3 is 8. The summed E-state index contributed by atoms with van der Waals surface area (Å²) in [6.45, 7) is 6.47. The van der Waals surface area contributed by atoms with Gasteiger partial charge < -0.3 is 70.6 Å². The quantitative estimate of drug-likeness (QED) is 0.00659. The molecular weight excluding hydrogens is 2130 g/mol. The number of pyridine rings is 4. The lowest BCUT2D eigenvalue weighted by atomic mass is 10.0. The SMILES string of the molecule is C=CC(=O)Cl.C=CC(=O)Nc1cccc(F)c1Nc1ncc2cc(-c3c(Cl)c(OC)cc(OC)c3Cl)c(=O)n(C)c2n1.COc1cc(OC)c(Cl)c(-c2cc3cnc(Cl)nc3n(C)c2=O)c1Cl.COc1cc(OC)c(Cl)c(-c2cc3cnc(Nc4c(F)cccc4[N+](=O)[O-])nc3n(C)c2=O)c1Cl.COc1cc(OC)c(Cl)c(-c2cc3cnc(Nc4c(N)cccc4F)nc3n(C)c2=O)c1Cl.Nc1c(F)cccc1[N+](=O)[O-]. The fourth-order valence-corrected chi connectivity index (χ4v) is 16.7. The average molecular weight is 2200 g/mol. The van der Waals surface area contributed by atoms with Crippen LogP contribution < -0.4 is 92.9 Å². The van der Waals surface area contributed by atoms with Gasteiger partial charge in [0.2, 0.25) is 34.3 Å². The summed E-state index contributed by atoms with van der Waals surface area (Å²) in [6.07, 6.45) is 7.94. The van der Waals surface area contributed by atoms with Gasteiger partial charge in [0, 0.05) is 133 Å². The van der Waals surface area contributed by atoms with E-state index in [0.717, 1.165) is 36.4 Å². The van der Waals surface area contributed by atoms with Crippen LogP contribution in [0, 0.1) is 43.5 Å². The third kappa shape index (κ3) is 23.7. The number of nitrogens with one attached hydrogen (secondary N) is 4. The number of carbonyl (C=O) groups is 2. The number of nitrogen functional groups attached to an aromatic ring is 2. The lowest BCUT2D eigenvalue weighted by Crippen LogP contribution is -2.20. The van der Waals surface area contributed by atoms with Gasteiger partial charge >= 0.3 is 0 Å². The monoisotopic (exact) mass is 2200 g/mol. The number of hydrogen-bond donors (Lipinski definition) is 6. The number of nitro benzene ring substituents is 2. The maximum Gasteiger partial charge on any atom is 0.295 e. The number of nitro groups is 2. The van der Waals surface area contributed by atoms with Gasteiger partial charge in [-0.2, -0.15) is 19.9 Å². The number of halogens is 14. The first kappa shape index (κ1) is 111. The number of fused-ring (bicyclic) bond motifs is 4. The molecular formula is C94H74Cl10F4N20O18. The zero-order chi connectivity index (χ0) is 107. The Balaban J connectivity index is 0.000000177. The van der Waals surface area contributed by atoms with E-state index in [-0.39, 0.29) is 165 Å². The molecule has 0 bridgehead atoms. The number of aryl methyl sites for hydroxylation is 4. The third-order valence-corrected chi connectivity index (χ3v) is 24.3. The molecule has 1 amide bonds. The van der Waals surface area contributed by atoms with E-state index in [9.17, 15) is 66.6 Å². The molecule has 16 rings (SSSR count). The van der Waals surface area contributed by atoms with Gasteiger partial charge in [-0.05, 0) is 96.0 Å². The van der Waals surface area contributed by atoms with Crippen LogP contribution in [-0.4, -0.2) is 136 Å². The summed E-state index contributed by atoms with van der Waals surface area (Å²) in [5.74, 6) is -1.08. The molecule has 16 aromatic rings. The zero-order valence-electron chi connectivity index (χ0n) is 77.5. The molecule has 52 heteroatoms. The van der Waals surface area contributed by atoms with Gasteiger partial charge in [0.25, 0.3) is 33.6 Å². The molecule has 8 aromatic carbocycles. The van der Waals surface area contributed by atoms with Gasteiger partial charge in [-0.25, -0.2) is 37.5 Å². The fraction of sp³-hybridized carbons (Fsp3) is 0.128. The third-order valence-electron chi connectivity index (χ3n) is 20.9. The van der Waals surface area contributed by atoms with Crippen molar-refractivity contribution in [1.29, 1.82) is 0 Å². The summed E-state index contributed by atoms with van der Waals surface area (Å²) in [5, 5.41) is 34.8. The number of benzene rings is 8. The Morgan fingerprint density at radius 1 is 0.384 bits per heavy atom. The lowest BCUT2D eigenvalue weighted by Gasteiger charge is -2.16. The Morgan fingerprint density at radius 3 is 0.945 bits per heavy atom. The van der Waals surface area contributed by atoms with Crippen LogP contribution in [0.25, 0.3) is 88.6 Å². The van der Waals surface area contributed by atoms with Crippen LogP contribution in [-0.2, 0) is 37.8 Å². The number of allylic oxidation sites excluding steroid dienone is 1. The van der Waals surface area contributed by atoms with Crippen molar-refractivity contribution < 1.29 is 74.9 Å². The molecule has 0 atom stereocenters. The summed E-state index contributed by atoms with van der Waals surface area (Å²) < 4.78 is 103. The number of aromatic nitrogens is 12. The van der Waals surface area contributed by atoms with Gasteiger partial charge in [0.05, 0.1) is 141 Å². The Hall–Kier alpha value is -15.6. The molecule has 38 nitrogen and oxygen atoms in total. The van der Waals surface area contributed by atoms with Crippen LogP contribution in [0.15, 0.2) is 191 Å². The Bertz CT molecular complexity index is 8090. The Kier molecular flexibility index (Phi) is 36.5. The molecule has 146 heavy (non-hydrogen) atoms. The van der Waals surface area contributed by atoms with E-state index in [4.69, 9.17) is 165 Å². The molecule has 0 aliphatic heterocycles. The highest BCUT2D eigenvalue weighted by molar-refractivity contribution is 6.66. The summed E-state index contributed by atoms with van der Waals surface area (Å²) in [5.41, 5.74) is 10.8. The number of para-hydroxylation sites is 4. The average Bonchev–Trinajstić information content (AvgIpc) is 0.768. The number of nitrogens with two attached hydrogens (primary N) is 2. The van der Waals surface area contributed by atoms with E-state index >= 15 is 0 Å². The molecule has 0 fully saturated rings. The molecule has 756 valence electrons. The van der Waals surface area contributed by atoms with Crippen LogP contribution in [0.1, 0.15) is 0 Å². The van der Waals surface area contributed by atoms with Crippen molar-refractivity contribution in [2.45, 2.75) is 0 Å². The van der Waals surface area contributed by atoms with Crippen molar-refractivity contribution in [3.63, 3.8) is 0 Å². The molecule has 0 unspecified atom stereocenters. The molecule has 8 N–H and O–H groups in total. The second-order valence-corrected chi connectivity index (χ2v) is 33.2. The van der Waals surface area contributed by atoms with Crippen molar-refractivity contribution in [1.82, 2.24) is 58.1 Å². The number of nitrogens with zero attached hydrogens (tertiary/aromatic N) is 14. The van der Waals surface area contributed by atoms with Crippen LogP contribution in [0.2, 0.25) is 45.5 Å². The molecule has 0 saturated carbocycles. The highest BCUT2D eigenvalue weighted by atomic mass is 35.5. The molecule has 0 saturated heterocycles. The van der Waals surface area contributed by atoms with E-state index in [1.165, 1.54) is 181 Å². The summed E-state index contributed by atoms with van der Waals surface area (Å²) in [7, 11) is 17.6. The van der Waals surface area contributed by atoms with Gasteiger partial charge in [0.1, 0.15) is 97.3 Å². The molecule has 8 aromatic heterocycles. The zero-order valence-corrected chi connectivity index (χ0v) is 85.0. The normalized spacial score (nSPS) is 10.6. The van der Waals surface area contributed by atoms with E-state index in [1.54, 1.807) is 44.4 Å². The van der Waals surface area contributed by atoms with Crippen LogP contribution in [0.5, 0.6) is 46.0 Å². The molecule has 0 radical (unpaired) electrons. The topological polar surface area (TPSA) is 486 Å². The van der Waals surface area contributed by atoms with E-state index in [1.807, 2.05) is 0 Å². The van der Waals surface area contributed by atoms with Gasteiger partial charge in [0.15, 0.2) is 17.3 Å². The number of hydrogen-bond acceptors (Lipinski definition) is 31. The van der Waals surface area contributed by atoms with Gasteiger partial charge in [-0.1, -0.05) is 130 Å². The van der Waals surface area contributed by atoms with Crippen molar-refractivity contribution in [3.8, 4) is 90.5 Å². The van der Waals surface area contributed by atoms with Crippen molar-refractivity contribution in [2.75, 3.05) is 89.6 Å². The lowest BCUT2D eigenvalue weighted by molar-refractivity contribution is -0.384. The minimum Gasteiger partial charge on any atom is -0.495 e. The number of amides is 1. The second kappa shape index (κ2) is 48.2. The molecule has 0 aliphatic carbocycles. The number of anilines is 9. The highest BCUT2D eigenvalue weighted by Crippen LogP contribution is 2.51. The summed E-state index contributed by atoms with van der Waals surface area (Å²) in [6, 6.07) is 27.7. The second-order valence-electron chi connectivity index (χ2n) is 29.4. The minimum atomic E-state index is -0.858. The van der Waals surface area contributed by atoms with E-state index < -0.39 is 83.7 Å². The highest BCUT2D eigenvalue weighted by Gasteiger charge is 2.30. The number of rotatable bonds is 23.